The van der Waals surface area contributed by atoms with E-state index in [1.807, 2.05) is 6.92 Å². The summed E-state index contributed by atoms with van der Waals surface area (Å²) < 4.78 is 29.6. The molecule has 13 heavy (non-hydrogen) atoms. The van der Waals surface area contributed by atoms with Crippen LogP contribution >= 0.6 is 0 Å². The van der Waals surface area contributed by atoms with Crippen molar-refractivity contribution in [2.24, 2.45) is 0 Å². The van der Waals surface area contributed by atoms with Crippen molar-refractivity contribution in [3.05, 3.63) is 29.8 Å². The van der Waals surface area contributed by atoms with Gasteiger partial charge in [0.15, 0.2) is 0 Å². The first-order chi connectivity index (χ1) is 5.00. The summed E-state index contributed by atoms with van der Waals surface area (Å²) >= 11 is 0. The van der Waals surface area contributed by atoms with E-state index in [-0.39, 0.29) is 41.4 Å². The van der Waals surface area contributed by atoms with Gasteiger partial charge in [0.05, 0.1) is 4.90 Å². The fraction of sp³-hybridized carbons (Fsp3) is 0.143. The molecule has 4 nitrogen and oxygen atoms in total. The Kier molecular flexibility index (Phi) is 6.87. The molecule has 0 aromatic heterocycles. The van der Waals surface area contributed by atoms with Gasteiger partial charge in [-0.05, 0) is 19.1 Å². The Morgan fingerprint density at radius 1 is 1.23 bits per heavy atom. The minimum Gasteiger partial charge on any atom is -1.00 e. The summed E-state index contributed by atoms with van der Waals surface area (Å²) in [5.41, 5.74) is 0.956. The molecule has 1 aromatic rings. The van der Waals surface area contributed by atoms with Crippen molar-refractivity contribution in [2.45, 2.75) is 11.8 Å². The molecule has 0 saturated carbocycles. The van der Waals surface area contributed by atoms with Crippen LogP contribution in [0.3, 0.4) is 0 Å². The molecule has 70 valence electrons. The monoisotopic (exact) mass is 214 g/mol. The first-order valence-electron chi connectivity index (χ1n) is 3.04. The number of aryl methyl sites for hydroxylation is 1. The van der Waals surface area contributed by atoms with E-state index in [9.17, 15) is 8.42 Å². The largest absolute Gasteiger partial charge is 1.00 e. The Morgan fingerprint density at radius 2 is 1.62 bits per heavy atom. The summed E-state index contributed by atoms with van der Waals surface area (Å²) in [4.78, 5) is -0.0666. The third-order valence-corrected chi connectivity index (χ3v) is 2.19. The van der Waals surface area contributed by atoms with Crippen molar-refractivity contribution < 1.29 is 49.4 Å². The van der Waals surface area contributed by atoms with E-state index >= 15 is 0 Å². The second-order valence-corrected chi connectivity index (χ2v) is 3.71. The standard InChI is InChI=1S/C7H8O3S.Na.H2O.H/c1-6-2-4-7(5-3-6)11(8,9)10;;;/h2-5H,1H3,(H,8,9,10);;1H2;/q;+1;;-1. The fourth-order valence-electron chi connectivity index (χ4n) is 0.710. The molecule has 0 saturated heterocycles. The molecule has 0 atom stereocenters. The third kappa shape index (κ3) is 4.75. The van der Waals surface area contributed by atoms with Crippen LogP contribution in [0, 0.1) is 6.92 Å². The molecule has 0 spiro atoms. The van der Waals surface area contributed by atoms with E-state index in [4.69, 9.17) is 4.55 Å². The van der Waals surface area contributed by atoms with E-state index in [0.717, 1.165) is 5.56 Å². The average molecular weight is 214 g/mol. The van der Waals surface area contributed by atoms with Gasteiger partial charge in [-0.3, -0.25) is 4.55 Å². The van der Waals surface area contributed by atoms with Crippen molar-refractivity contribution in [1.82, 2.24) is 0 Å². The zero-order valence-corrected chi connectivity index (χ0v) is 10.3. The van der Waals surface area contributed by atoms with Crippen molar-refractivity contribution in [2.75, 3.05) is 0 Å². The second-order valence-electron chi connectivity index (χ2n) is 2.29. The maximum atomic E-state index is 10.5. The van der Waals surface area contributed by atoms with Gasteiger partial charge in [0, 0.05) is 0 Å². The molecule has 0 aliphatic rings. The maximum absolute atomic E-state index is 10.5. The Hall–Kier alpha value is 0.0900. The normalized spacial score (nSPS) is 9.69. The van der Waals surface area contributed by atoms with Crippen LogP contribution in [0.2, 0.25) is 0 Å². The van der Waals surface area contributed by atoms with Crippen LogP contribution in [-0.2, 0) is 10.1 Å². The van der Waals surface area contributed by atoms with Crippen molar-refractivity contribution >= 4 is 10.1 Å². The first kappa shape index (κ1) is 15.6. The molecule has 6 heteroatoms. The summed E-state index contributed by atoms with van der Waals surface area (Å²) in [6.07, 6.45) is 0. The molecule has 0 radical (unpaired) electrons. The van der Waals surface area contributed by atoms with Crippen LogP contribution in [0.4, 0.5) is 0 Å². The minimum atomic E-state index is -4.02. The minimum absolute atomic E-state index is 0. The smallest absolute Gasteiger partial charge is 1.00 e. The third-order valence-electron chi connectivity index (χ3n) is 1.32. The number of hydrogen-bond donors (Lipinski definition) is 1. The van der Waals surface area contributed by atoms with Gasteiger partial charge in [-0.15, -0.1) is 0 Å². The van der Waals surface area contributed by atoms with Crippen LogP contribution in [-0.4, -0.2) is 18.4 Å². The second kappa shape index (κ2) is 5.74. The van der Waals surface area contributed by atoms with Crippen LogP contribution < -0.4 is 29.6 Å². The van der Waals surface area contributed by atoms with E-state index in [0.29, 0.717) is 0 Å². The Morgan fingerprint density at radius 3 is 1.92 bits per heavy atom. The summed E-state index contributed by atoms with van der Waals surface area (Å²) in [5.74, 6) is 0. The zero-order valence-electron chi connectivity index (χ0n) is 8.48. The van der Waals surface area contributed by atoms with Crippen molar-refractivity contribution in [1.29, 1.82) is 0 Å². The van der Waals surface area contributed by atoms with E-state index in [2.05, 4.69) is 0 Å². The van der Waals surface area contributed by atoms with Gasteiger partial charge in [-0.1, -0.05) is 17.7 Å². The molecular weight excluding hydrogens is 203 g/mol. The van der Waals surface area contributed by atoms with Crippen LogP contribution in [0.5, 0.6) is 0 Å². The van der Waals surface area contributed by atoms with Gasteiger partial charge in [0.2, 0.25) is 0 Å². The predicted molar refractivity (Wildman–Crippen MR) is 45.7 cm³/mol. The van der Waals surface area contributed by atoms with E-state index in [1.54, 1.807) is 12.1 Å². The quantitative estimate of drug-likeness (QED) is 0.415. The molecule has 3 N–H and O–H groups in total. The summed E-state index contributed by atoms with van der Waals surface area (Å²) in [7, 11) is -4.02. The van der Waals surface area contributed by atoms with Gasteiger partial charge in [-0.25, -0.2) is 0 Å². The van der Waals surface area contributed by atoms with Crippen LogP contribution in [0.25, 0.3) is 0 Å². The molecule has 1 aromatic carbocycles. The zero-order chi connectivity index (χ0) is 8.48. The Bertz CT molecular complexity index is 348. The van der Waals surface area contributed by atoms with Gasteiger partial charge in [-0.2, -0.15) is 8.42 Å². The summed E-state index contributed by atoms with van der Waals surface area (Å²) in [5, 5.41) is 0. The average Bonchev–Trinajstić information content (AvgIpc) is 1.86. The number of benzene rings is 1. The predicted octanol–water partition coefficient (Wildman–Crippen LogP) is -2.47. The van der Waals surface area contributed by atoms with Gasteiger partial charge in [0.25, 0.3) is 10.1 Å². The molecule has 0 unspecified atom stereocenters. The number of hydrogen-bond acceptors (Lipinski definition) is 2. The summed E-state index contributed by atoms with van der Waals surface area (Å²) in [6, 6.07) is 5.99. The Labute approximate surface area is 101 Å². The maximum Gasteiger partial charge on any atom is 1.00 e. The van der Waals surface area contributed by atoms with E-state index in [1.165, 1.54) is 12.1 Å². The molecule has 0 aliphatic carbocycles. The SMILES string of the molecule is Cc1ccc(S(=O)(=O)O)cc1.O.[H-].[Na+]. The molecule has 0 bridgehead atoms. The molecular formula is C7H11NaO4S. The van der Waals surface area contributed by atoms with E-state index < -0.39 is 10.1 Å². The van der Waals surface area contributed by atoms with Crippen LogP contribution in [0.1, 0.15) is 6.99 Å². The Balaban J connectivity index is -0.000000403. The first-order valence-corrected chi connectivity index (χ1v) is 4.48. The van der Waals surface area contributed by atoms with Crippen molar-refractivity contribution in [3.8, 4) is 0 Å². The van der Waals surface area contributed by atoms with Gasteiger partial charge >= 0.3 is 29.6 Å². The topological polar surface area (TPSA) is 85.9 Å². The molecule has 1 rings (SSSR count). The van der Waals surface area contributed by atoms with Gasteiger partial charge in [0.1, 0.15) is 0 Å². The van der Waals surface area contributed by atoms with Crippen molar-refractivity contribution in [3.63, 3.8) is 0 Å². The fourth-order valence-corrected chi connectivity index (χ4v) is 1.19. The molecule has 0 heterocycles. The molecule has 0 aliphatic heterocycles. The molecule has 0 fully saturated rings. The molecule has 0 amide bonds. The van der Waals surface area contributed by atoms with Gasteiger partial charge < -0.3 is 6.90 Å². The number of rotatable bonds is 1. The van der Waals surface area contributed by atoms with Crippen LogP contribution in [0.15, 0.2) is 29.2 Å². The summed E-state index contributed by atoms with van der Waals surface area (Å²) in [6.45, 7) is 1.84.